The number of nitrogens with zero attached hydrogens (tertiary/aromatic N) is 2. The zero-order chi connectivity index (χ0) is 45.1. The molecular weight excluding hydrogens is 651 g/mol. The van der Waals surface area contributed by atoms with Gasteiger partial charge in [-0.3, -0.25) is 4.90 Å². The molecule has 0 aromatic carbocycles. The van der Waals surface area contributed by atoms with E-state index in [4.69, 9.17) is 0 Å². The van der Waals surface area contributed by atoms with Crippen LogP contribution in [0.1, 0.15) is 201 Å². The minimum absolute atomic E-state index is 0.257. The van der Waals surface area contributed by atoms with Crippen LogP contribution >= 0.6 is 0 Å². The van der Waals surface area contributed by atoms with Gasteiger partial charge in [0.15, 0.2) is 0 Å². The Bertz CT molecular complexity index is 716. The summed E-state index contributed by atoms with van der Waals surface area (Å²) in [5, 5.41) is 16.3. The molecule has 5 N–H and O–H groups in total. The molecule has 0 atom stereocenters. The third-order valence-corrected chi connectivity index (χ3v) is 7.13. The third-order valence-electron chi connectivity index (χ3n) is 7.13. The smallest absolute Gasteiger partial charge is 0.0124 e. The van der Waals surface area contributed by atoms with E-state index in [2.05, 4.69) is 251 Å². The van der Waals surface area contributed by atoms with E-state index in [0.717, 1.165) is 26.2 Å². The highest BCUT2D eigenvalue weighted by Gasteiger charge is 2.17. The molecule has 332 valence electrons. The summed E-state index contributed by atoms with van der Waals surface area (Å²) >= 11 is 0. The molecule has 0 rings (SSSR count). The number of rotatable bonds is 5. The van der Waals surface area contributed by atoms with Crippen molar-refractivity contribution in [3.63, 3.8) is 0 Å². The lowest BCUT2D eigenvalue weighted by Gasteiger charge is -2.33. The lowest BCUT2D eigenvalue weighted by Crippen LogP contribution is -2.40. The number of nitrogens with one attached hydrogen (secondary N) is 5. The Morgan fingerprint density at radius 3 is 0.717 bits per heavy atom. The van der Waals surface area contributed by atoms with Gasteiger partial charge in [0, 0.05) is 51.4 Å². The molecule has 0 heterocycles. The Morgan fingerprint density at radius 1 is 0.434 bits per heavy atom. The van der Waals surface area contributed by atoms with Crippen LogP contribution < -0.4 is 26.6 Å². The molecule has 0 fully saturated rings. The first-order chi connectivity index (χ1) is 22.8. The average Bonchev–Trinajstić information content (AvgIpc) is 2.85. The van der Waals surface area contributed by atoms with Gasteiger partial charge in [-0.25, -0.2) is 0 Å². The van der Waals surface area contributed by atoms with Crippen LogP contribution in [0.4, 0.5) is 0 Å². The summed E-state index contributed by atoms with van der Waals surface area (Å²) < 4.78 is 0. The van der Waals surface area contributed by atoms with Crippen molar-refractivity contribution in [1.82, 2.24) is 36.4 Å². The molecule has 0 amide bonds. The molecular formula is C46H113N7. The standard InChI is InChI=1S/C9H21N.C8H19N.C7H17N.2C6H15N.2C5H13N/c1-8(2,3)7-10-9(4,5)6;1-6-9(7-2)8(3,4)5;1-6(2)8-7(3,4)5;1-6(2,3)7(4)5;1-5-7-6(2,3)4;2*1-5(2,3)6-4/h10H,7H2,1-6H3;6-7H2,1-5H3;6,8H,1-5H3;1-5H3;7H,5H2,1-4H3;2*6H,1-4H3. The highest BCUT2D eigenvalue weighted by Crippen LogP contribution is 2.13. The fourth-order valence-electron chi connectivity index (χ4n) is 3.10. The van der Waals surface area contributed by atoms with Crippen LogP contribution in [0.5, 0.6) is 0 Å². The van der Waals surface area contributed by atoms with E-state index in [1.54, 1.807) is 0 Å². The second-order valence-corrected chi connectivity index (χ2v) is 22.9. The number of hydrogen-bond acceptors (Lipinski definition) is 7. The van der Waals surface area contributed by atoms with Gasteiger partial charge in [-0.15, -0.1) is 0 Å². The molecule has 0 unspecified atom stereocenters. The van der Waals surface area contributed by atoms with Gasteiger partial charge >= 0.3 is 0 Å². The van der Waals surface area contributed by atoms with Gasteiger partial charge in [-0.2, -0.15) is 0 Å². The summed E-state index contributed by atoms with van der Waals surface area (Å²) in [6.07, 6.45) is 0. The number of hydrogen-bond donors (Lipinski definition) is 5. The molecule has 0 radical (unpaired) electrons. The zero-order valence-corrected chi connectivity index (χ0v) is 43.8. The van der Waals surface area contributed by atoms with E-state index in [1.807, 2.05) is 14.1 Å². The van der Waals surface area contributed by atoms with E-state index >= 15 is 0 Å². The zero-order valence-electron chi connectivity index (χ0n) is 43.8. The summed E-state index contributed by atoms with van der Waals surface area (Å²) in [6.45, 7) is 67.7. The monoisotopic (exact) mass is 764 g/mol. The van der Waals surface area contributed by atoms with E-state index in [9.17, 15) is 0 Å². The third kappa shape index (κ3) is 89.9. The molecule has 7 heteroatoms. The summed E-state index contributed by atoms with van der Waals surface area (Å²) in [4.78, 5) is 4.62. The lowest BCUT2D eigenvalue weighted by atomic mass is 9.95. The predicted molar refractivity (Wildman–Crippen MR) is 252 cm³/mol. The summed E-state index contributed by atoms with van der Waals surface area (Å²) in [7, 11) is 8.08. The summed E-state index contributed by atoms with van der Waals surface area (Å²) in [6, 6.07) is 0.593. The minimum atomic E-state index is 0.257. The van der Waals surface area contributed by atoms with Crippen LogP contribution in [0, 0.1) is 5.41 Å². The molecule has 0 aliphatic heterocycles. The SMILES string of the molecule is CC(C)(C)CNC(C)(C)C.CC(C)NC(C)(C)C.CCN(CC)C(C)(C)C.CCNC(C)(C)C.CN(C)C(C)(C)C.CNC(C)(C)C.CNC(C)(C)C. The van der Waals surface area contributed by atoms with Crippen LogP contribution in [-0.2, 0) is 0 Å². The van der Waals surface area contributed by atoms with Crippen molar-refractivity contribution in [3.8, 4) is 0 Å². The fraction of sp³-hybridized carbons (Fsp3) is 1.00. The second-order valence-electron chi connectivity index (χ2n) is 22.9. The van der Waals surface area contributed by atoms with Gasteiger partial charge in [0.1, 0.15) is 0 Å². The van der Waals surface area contributed by atoms with E-state index in [0.29, 0.717) is 39.2 Å². The van der Waals surface area contributed by atoms with E-state index in [1.165, 1.54) is 0 Å². The van der Waals surface area contributed by atoms with Crippen molar-refractivity contribution in [3.05, 3.63) is 0 Å². The molecule has 0 aliphatic rings. The summed E-state index contributed by atoms with van der Waals surface area (Å²) in [5.41, 5.74) is 2.49. The fourth-order valence-corrected chi connectivity index (χ4v) is 3.10. The van der Waals surface area contributed by atoms with Gasteiger partial charge in [0.2, 0.25) is 0 Å². The first kappa shape index (κ1) is 67.5. The Morgan fingerprint density at radius 2 is 0.698 bits per heavy atom. The first-order valence-corrected chi connectivity index (χ1v) is 20.8. The quantitative estimate of drug-likeness (QED) is 0.191. The van der Waals surface area contributed by atoms with Crippen LogP contribution in [0.2, 0.25) is 0 Å². The van der Waals surface area contributed by atoms with Crippen LogP contribution in [0.3, 0.4) is 0 Å². The van der Waals surface area contributed by atoms with Gasteiger partial charge in [0.05, 0.1) is 0 Å². The van der Waals surface area contributed by atoms with Gasteiger partial charge in [-0.05, 0) is 199 Å². The Labute approximate surface area is 340 Å². The topological polar surface area (TPSA) is 66.6 Å². The Kier molecular flexibility index (Phi) is 39.2. The van der Waals surface area contributed by atoms with E-state index in [-0.39, 0.29) is 11.1 Å². The molecule has 53 heavy (non-hydrogen) atoms. The first-order valence-electron chi connectivity index (χ1n) is 20.8. The molecule has 0 aromatic rings. The highest BCUT2D eigenvalue weighted by atomic mass is 15.2. The molecule has 0 saturated heterocycles. The molecule has 0 saturated carbocycles. The normalized spacial score (nSPS) is 12.7. The van der Waals surface area contributed by atoms with Crippen molar-refractivity contribution in [2.24, 2.45) is 5.41 Å². The molecule has 0 bridgehead atoms. The largest absolute Gasteiger partial charge is 0.315 e. The van der Waals surface area contributed by atoms with Crippen molar-refractivity contribution in [2.75, 3.05) is 54.4 Å². The molecule has 7 nitrogen and oxygen atoms in total. The Balaban J connectivity index is -0.0000000939. The highest BCUT2D eigenvalue weighted by molar-refractivity contribution is 4.75. The second kappa shape index (κ2) is 30.8. The van der Waals surface area contributed by atoms with Crippen LogP contribution in [0.25, 0.3) is 0 Å². The van der Waals surface area contributed by atoms with Gasteiger partial charge in [-0.1, -0.05) is 55.4 Å². The van der Waals surface area contributed by atoms with Crippen molar-refractivity contribution in [2.45, 2.75) is 246 Å². The molecule has 0 spiro atoms. The average molecular weight is 764 g/mol. The van der Waals surface area contributed by atoms with E-state index < -0.39 is 0 Å². The van der Waals surface area contributed by atoms with Crippen molar-refractivity contribution < 1.29 is 0 Å². The maximum absolute atomic E-state index is 3.46. The van der Waals surface area contributed by atoms with Crippen LogP contribution in [0.15, 0.2) is 0 Å². The lowest BCUT2D eigenvalue weighted by molar-refractivity contribution is 0.153. The molecule has 0 aliphatic carbocycles. The van der Waals surface area contributed by atoms with Crippen molar-refractivity contribution in [1.29, 1.82) is 0 Å². The maximum atomic E-state index is 3.46. The minimum Gasteiger partial charge on any atom is -0.315 e. The van der Waals surface area contributed by atoms with Crippen molar-refractivity contribution >= 4 is 0 Å². The van der Waals surface area contributed by atoms with Crippen LogP contribution in [-0.4, -0.2) is 109 Å². The molecule has 0 aromatic heterocycles. The summed E-state index contributed by atoms with van der Waals surface area (Å²) in [5.74, 6) is 0. The van der Waals surface area contributed by atoms with Gasteiger partial charge < -0.3 is 31.5 Å². The maximum Gasteiger partial charge on any atom is 0.0124 e. The predicted octanol–water partition coefficient (Wildman–Crippen LogP) is 11.1. The Hall–Kier alpha value is -0.280. The van der Waals surface area contributed by atoms with Gasteiger partial charge in [0.25, 0.3) is 0 Å².